The summed E-state index contributed by atoms with van der Waals surface area (Å²) in [5.74, 6) is -1.12. The van der Waals surface area contributed by atoms with E-state index in [9.17, 15) is 9.59 Å². The number of hydrogen-bond donors (Lipinski definition) is 1. The predicted molar refractivity (Wildman–Crippen MR) is 62.1 cm³/mol. The van der Waals surface area contributed by atoms with E-state index in [0.717, 1.165) is 11.1 Å². The van der Waals surface area contributed by atoms with Crippen LogP contribution in [0.4, 0.5) is 0 Å². The summed E-state index contributed by atoms with van der Waals surface area (Å²) in [7, 11) is 0. The molecule has 1 rings (SSSR count). The molecule has 1 aromatic carbocycles. The van der Waals surface area contributed by atoms with Crippen LogP contribution in [-0.2, 0) is 4.79 Å². The predicted octanol–water partition coefficient (Wildman–Crippen LogP) is 3.00. The van der Waals surface area contributed by atoms with Crippen molar-refractivity contribution in [3.05, 3.63) is 33.8 Å². The highest BCUT2D eigenvalue weighted by Gasteiger charge is 2.11. The van der Waals surface area contributed by atoms with E-state index in [1.54, 1.807) is 12.1 Å². The molecule has 3 nitrogen and oxygen atoms in total. The number of benzene rings is 1. The molecular formula is C12H13ClO3. The molecule has 0 aliphatic rings. The van der Waals surface area contributed by atoms with E-state index in [0.29, 0.717) is 10.6 Å². The van der Waals surface area contributed by atoms with Gasteiger partial charge in [0.05, 0.1) is 6.42 Å². The van der Waals surface area contributed by atoms with Gasteiger partial charge in [-0.05, 0) is 37.1 Å². The third-order valence-corrected chi connectivity index (χ3v) is 2.92. The van der Waals surface area contributed by atoms with Crippen LogP contribution < -0.4 is 0 Å². The summed E-state index contributed by atoms with van der Waals surface area (Å²) in [4.78, 5) is 22.0. The van der Waals surface area contributed by atoms with Gasteiger partial charge in [-0.3, -0.25) is 9.59 Å². The summed E-state index contributed by atoms with van der Waals surface area (Å²) in [6, 6.07) is 3.39. The van der Waals surface area contributed by atoms with E-state index in [2.05, 4.69) is 0 Å². The van der Waals surface area contributed by atoms with Crippen LogP contribution in [0, 0.1) is 13.8 Å². The number of ketones is 1. The number of carboxylic acid groups (broad SMARTS) is 1. The zero-order chi connectivity index (χ0) is 12.3. The van der Waals surface area contributed by atoms with E-state index < -0.39 is 5.97 Å². The monoisotopic (exact) mass is 240 g/mol. The largest absolute Gasteiger partial charge is 0.481 e. The van der Waals surface area contributed by atoms with Crippen LogP contribution in [-0.4, -0.2) is 16.9 Å². The number of halogens is 1. The second kappa shape index (κ2) is 5.12. The van der Waals surface area contributed by atoms with Crippen molar-refractivity contribution in [2.24, 2.45) is 0 Å². The summed E-state index contributed by atoms with van der Waals surface area (Å²) in [6.07, 6.45) is -0.116. The molecule has 0 atom stereocenters. The average Bonchev–Trinajstić information content (AvgIpc) is 2.21. The highest BCUT2D eigenvalue weighted by atomic mass is 35.5. The third kappa shape index (κ3) is 3.07. The number of carbonyl (C=O) groups excluding carboxylic acids is 1. The number of aryl methyl sites for hydroxylation is 2. The minimum atomic E-state index is -0.962. The second-order valence-corrected chi connectivity index (χ2v) is 4.12. The molecule has 0 bridgehead atoms. The quantitative estimate of drug-likeness (QED) is 0.823. The third-order valence-electron chi connectivity index (χ3n) is 2.32. The van der Waals surface area contributed by atoms with E-state index in [-0.39, 0.29) is 18.6 Å². The topological polar surface area (TPSA) is 54.4 Å². The molecular weight excluding hydrogens is 228 g/mol. The van der Waals surface area contributed by atoms with Gasteiger partial charge >= 0.3 is 5.97 Å². The lowest BCUT2D eigenvalue weighted by Crippen LogP contribution is -2.04. The van der Waals surface area contributed by atoms with Crippen LogP contribution in [0.25, 0.3) is 0 Å². The molecule has 0 heterocycles. The fraction of sp³-hybridized carbons (Fsp3) is 0.333. The van der Waals surface area contributed by atoms with Gasteiger partial charge < -0.3 is 5.11 Å². The van der Waals surface area contributed by atoms with Gasteiger partial charge in [-0.15, -0.1) is 0 Å². The lowest BCUT2D eigenvalue weighted by molar-refractivity contribution is -0.136. The number of carbonyl (C=O) groups is 2. The Balaban J connectivity index is 2.88. The molecule has 16 heavy (non-hydrogen) atoms. The Bertz CT molecular complexity index is 415. The zero-order valence-corrected chi connectivity index (χ0v) is 9.97. The van der Waals surface area contributed by atoms with Gasteiger partial charge in [0, 0.05) is 17.0 Å². The molecule has 0 fully saturated rings. The van der Waals surface area contributed by atoms with E-state index in [4.69, 9.17) is 16.7 Å². The Morgan fingerprint density at radius 2 is 1.69 bits per heavy atom. The minimum Gasteiger partial charge on any atom is -0.481 e. The smallest absolute Gasteiger partial charge is 0.303 e. The molecule has 0 radical (unpaired) electrons. The highest BCUT2D eigenvalue weighted by Crippen LogP contribution is 2.22. The van der Waals surface area contributed by atoms with Crippen molar-refractivity contribution in [2.75, 3.05) is 0 Å². The van der Waals surface area contributed by atoms with E-state index in [1.165, 1.54) is 0 Å². The Hall–Kier alpha value is -1.35. The van der Waals surface area contributed by atoms with Gasteiger partial charge in [0.15, 0.2) is 5.78 Å². The van der Waals surface area contributed by atoms with Gasteiger partial charge in [0.25, 0.3) is 0 Å². The van der Waals surface area contributed by atoms with Crippen molar-refractivity contribution in [3.63, 3.8) is 0 Å². The molecule has 0 amide bonds. The maximum Gasteiger partial charge on any atom is 0.303 e. The molecule has 0 saturated carbocycles. The van der Waals surface area contributed by atoms with Crippen LogP contribution in [0.3, 0.4) is 0 Å². The zero-order valence-electron chi connectivity index (χ0n) is 9.21. The number of hydrogen-bond acceptors (Lipinski definition) is 2. The second-order valence-electron chi connectivity index (χ2n) is 3.74. The molecule has 86 valence electrons. The molecule has 0 aromatic heterocycles. The van der Waals surface area contributed by atoms with Crippen molar-refractivity contribution in [2.45, 2.75) is 26.7 Å². The van der Waals surface area contributed by atoms with Crippen molar-refractivity contribution >= 4 is 23.4 Å². The van der Waals surface area contributed by atoms with E-state index >= 15 is 0 Å². The Morgan fingerprint density at radius 3 is 2.12 bits per heavy atom. The van der Waals surface area contributed by atoms with Gasteiger partial charge in [0.2, 0.25) is 0 Å². The van der Waals surface area contributed by atoms with Crippen LogP contribution in [0.2, 0.25) is 5.02 Å². The first-order valence-corrected chi connectivity index (χ1v) is 5.31. The first-order valence-electron chi connectivity index (χ1n) is 4.93. The number of aliphatic carboxylic acids is 1. The Morgan fingerprint density at radius 1 is 1.19 bits per heavy atom. The molecule has 1 aromatic rings. The fourth-order valence-electron chi connectivity index (χ4n) is 1.47. The van der Waals surface area contributed by atoms with Crippen LogP contribution in [0.1, 0.15) is 34.3 Å². The number of rotatable bonds is 4. The molecule has 0 unspecified atom stereocenters. The fourth-order valence-corrected chi connectivity index (χ4v) is 1.58. The Kier molecular flexibility index (Phi) is 4.07. The number of Topliss-reactive ketones (excluding diaryl/α,β-unsaturated/α-hetero) is 1. The molecule has 0 saturated heterocycles. The summed E-state index contributed by atoms with van der Waals surface area (Å²) < 4.78 is 0. The normalized spacial score (nSPS) is 10.2. The first-order chi connectivity index (χ1) is 7.41. The maximum absolute atomic E-state index is 11.7. The van der Waals surface area contributed by atoms with E-state index in [1.807, 2.05) is 13.8 Å². The minimum absolute atomic E-state index is 0.0237. The maximum atomic E-state index is 11.7. The molecule has 0 aliphatic carbocycles. The van der Waals surface area contributed by atoms with Gasteiger partial charge in [-0.1, -0.05) is 11.6 Å². The standard InChI is InChI=1S/C12H13ClO3/c1-7-5-9(6-8(2)12(7)13)10(14)3-4-11(15)16/h5-6H,3-4H2,1-2H3,(H,15,16). The summed E-state index contributed by atoms with van der Waals surface area (Å²) in [6.45, 7) is 3.65. The highest BCUT2D eigenvalue weighted by molar-refractivity contribution is 6.32. The van der Waals surface area contributed by atoms with Crippen LogP contribution >= 0.6 is 11.6 Å². The SMILES string of the molecule is Cc1cc(C(=O)CCC(=O)O)cc(C)c1Cl. The van der Waals surface area contributed by atoms with Crippen molar-refractivity contribution in [1.82, 2.24) is 0 Å². The molecule has 0 aliphatic heterocycles. The molecule has 4 heteroatoms. The summed E-state index contributed by atoms with van der Waals surface area (Å²) in [5.41, 5.74) is 2.20. The number of carboxylic acids is 1. The molecule has 0 spiro atoms. The lowest BCUT2D eigenvalue weighted by atomic mass is 10.0. The van der Waals surface area contributed by atoms with Crippen LogP contribution in [0.15, 0.2) is 12.1 Å². The van der Waals surface area contributed by atoms with Crippen molar-refractivity contribution < 1.29 is 14.7 Å². The average molecular weight is 241 g/mol. The van der Waals surface area contributed by atoms with Crippen molar-refractivity contribution in [1.29, 1.82) is 0 Å². The Labute approximate surface area is 99.0 Å². The summed E-state index contributed by atoms with van der Waals surface area (Å²) in [5, 5.41) is 9.14. The van der Waals surface area contributed by atoms with Gasteiger partial charge in [0.1, 0.15) is 0 Å². The van der Waals surface area contributed by atoms with Crippen molar-refractivity contribution in [3.8, 4) is 0 Å². The molecule has 1 N–H and O–H groups in total. The lowest BCUT2D eigenvalue weighted by Gasteiger charge is -2.06. The van der Waals surface area contributed by atoms with Crippen LogP contribution in [0.5, 0.6) is 0 Å². The first kappa shape index (κ1) is 12.7. The summed E-state index contributed by atoms with van der Waals surface area (Å²) >= 11 is 5.98. The van der Waals surface area contributed by atoms with Gasteiger partial charge in [-0.25, -0.2) is 0 Å². The van der Waals surface area contributed by atoms with Gasteiger partial charge in [-0.2, -0.15) is 0 Å².